The first-order valence-electron chi connectivity index (χ1n) is 6.56. The predicted molar refractivity (Wildman–Crippen MR) is 70.7 cm³/mol. The average molecular weight is 271 g/mol. The zero-order valence-corrected chi connectivity index (χ0v) is 11.1. The Kier molecular flexibility index (Phi) is 3.46. The molecule has 100 valence electrons. The molecule has 0 bridgehead atoms. The Morgan fingerprint density at radius 1 is 1.28 bits per heavy atom. The number of hydrogen-bond acceptors (Lipinski definition) is 4. The maximum absolute atomic E-state index is 6.16. The molecule has 0 amide bonds. The molecule has 6 heteroatoms. The van der Waals surface area contributed by atoms with Gasteiger partial charge in [-0.05, 0) is 19.3 Å². The zero-order chi connectivity index (χ0) is 12.5. The van der Waals surface area contributed by atoms with Crippen LogP contribution in [0.2, 0.25) is 5.15 Å². The molecule has 3 rings (SSSR count). The van der Waals surface area contributed by atoms with Crippen molar-refractivity contribution < 1.29 is 4.74 Å². The van der Waals surface area contributed by atoms with Crippen molar-refractivity contribution in [2.45, 2.75) is 31.3 Å². The van der Waals surface area contributed by atoms with Crippen molar-refractivity contribution in [1.82, 2.24) is 14.7 Å². The van der Waals surface area contributed by atoms with E-state index >= 15 is 0 Å². The number of nitrogen functional groups attached to an aromatic ring is 1. The normalized spacial score (nSPS) is 29.8. The van der Waals surface area contributed by atoms with Crippen molar-refractivity contribution >= 4 is 17.3 Å². The Hall–Kier alpha value is -0.780. The fraction of sp³-hybridized carbons (Fsp3) is 0.750. The van der Waals surface area contributed by atoms with E-state index in [-0.39, 0.29) is 0 Å². The van der Waals surface area contributed by atoms with Crippen LogP contribution in [0.4, 0.5) is 5.69 Å². The summed E-state index contributed by atoms with van der Waals surface area (Å²) in [5, 5.41) is 4.88. The second kappa shape index (κ2) is 5.07. The first-order chi connectivity index (χ1) is 8.75. The maximum Gasteiger partial charge on any atom is 0.150 e. The molecule has 0 spiro atoms. The van der Waals surface area contributed by atoms with E-state index < -0.39 is 0 Å². The number of ether oxygens (including phenoxy) is 1. The van der Waals surface area contributed by atoms with Gasteiger partial charge in [-0.25, -0.2) is 4.68 Å². The Bertz CT molecular complexity index is 416. The zero-order valence-electron chi connectivity index (χ0n) is 10.4. The molecular weight excluding hydrogens is 252 g/mol. The maximum atomic E-state index is 6.16. The van der Waals surface area contributed by atoms with Gasteiger partial charge in [0.2, 0.25) is 0 Å². The van der Waals surface area contributed by atoms with E-state index in [1.54, 1.807) is 6.20 Å². The number of aromatic nitrogens is 2. The SMILES string of the molecule is Nc1cnn([C@H]2CC[C@@H](N3CCOCC3)C2)c1Cl. The minimum Gasteiger partial charge on any atom is -0.395 e. The monoisotopic (exact) mass is 270 g/mol. The summed E-state index contributed by atoms with van der Waals surface area (Å²) in [5.41, 5.74) is 6.32. The van der Waals surface area contributed by atoms with Crippen LogP contribution in [0.5, 0.6) is 0 Å². The van der Waals surface area contributed by atoms with Crippen LogP contribution in [0.1, 0.15) is 25.3 Å². The summed E-state index contributed by atoms with van der Waals surface area (Å²) in [7, 11) is 0. The molecule has 5 nitrogen and oxygen atoms in total. The fourth-order valence-electron chi connectivity index (χ4n) is 3.05. The van der Waals surface area contributed by atoms with Gasteiger partial charge in [0, 0.05) is 19.1 Å². The number of nitrogens with two attached hydrogens (primary N) is 1. The molecule has 1 saturated heterocycles. The largest absolute Gasteiger partial charge is 0.395 e. The Morgan fingerprint density at radius 3 is 2.67 bits per heavy atom. The first-order valence-corrected chi connectivity index (χ1v) is 6.94. The summed E-state index contributed by atoms with van der Waals surface area (Å²) in [5.74, 6) is 0. The first kappa shape index (κ1) is 12.3. The highest BCUT2D eigenvalue weighted by atomic mass is 35.5. The molecule has 1 aromatic heterocycles. The van der Waals surface area contributed by atoms with Gasteiger partial charge in [-0.2, -0.15) is 5.10 Å². The van der Waals surface area contributed by atoms with Crippen LogP contribution in [-0.2, 0) is 4.74 Å². The second-order valence-electron chi connectivity index (χ2n) is 5.10. The lowest BCUT2D eigenvalue weighted by atomic mass is 10.2. The molecule has 1 saturated carbocycles. The molecule has 2 atom stereocenters. The molecule has 0 unspecified atom stereocenters. The Morgan fingerprint density at radius 2 is 2.00 bits per heavy atom. The van der Waals surface area contributed by atoms with Gasteiger partial charge in [0.1, 0.15) is 5.15 Å². The van der Waals surface area contributed by atoms with E-state index in [9.17, 15) is 0 Å². The van der Waals surface area contributed by atoms with Gasteiger partial charge in [-0.1, -0.05) is 11.6 Å². The van der Waals surface area contributed by atoms with Gasteiger partial charge in [0.15, 0.2) is 0 Å². The lowest BCUT2D eigenvalue weighted by Crippen LogP contribution is -2.42. The third-order valence-corrected chi connectivity index (χ3v) is 4.44. The van der Waals surface area contributed by atoms with Crippen molar-refractivity contribution in [3.63, 3.8) is 0 Å². The van der Waals surface area contributed by atoms with Crippen molar-refractivity contribution in [1.29, 1.82) is 0 Å². The van der Waals surface area contributed by atoms with Gasteiger partial charge in [-0.15, -0.1) is 0 Å². The minimum atomic E-state index is 0.391. The summed E-state index contributed by atoms with van der Waals surface area (Å²) in [6, 6.07) is 1.03. The quantitative estimate of drug-likeness (QED) is 0.886. The number of morpholine rings is 1. The molecule has 2 fully saturated rings. The van der Waals surface area contributed by atoms with E-state index in [4.69, 9.17) is 22.1 Å². The molecule has 1 aliphatic carbocycles. The summed E-state index contributed by atoms with van der Waals surface area (Å²) in [4.78, 5) is 2.53. The molecule has 1 aliphatic heterocycles. The molecule has 0 radical (unpaired) electrons. The van der Waals surface area contributed by atoms with Crippen molar-refractivity contribution in [3.05, 3.63) is 11.3 Å². The number of anilines is 1. The molecule has 2 aliphatic rings. The number of hydrogen-bond donors (Lipinski definition) is 1. The smallest absolute Gasteiger partial charge is 0.150 e. The number of halogens is 1. The number of nitrogens with zero attached hydrogens (tertiary/aromatic N) is 3. The highest BCUT2D eigenvalue weighted by molar-refractivity contribution is 6.32. The number of rotatable bonds is 2. The molecular formula is C12H19ClN4O. The van der Waals surface area contributed by atoms with E-state index in [0.29, 0.717) is 22.9 Å². The summed E-state index contributed by atoms with van der Waals surface area (Å²) in [6.07, 6.45) is 5.09. The van der Waals surface area contributed by atoms with Crippen LogP contribution >= 0.6 is 11.6 Å². The molecule has 0 aromatic carbocycles. The summed E-state index contributed by atoms with van der Waals surface area (Å²) < 4.78 is 7.28. The van der Waals surface area contributed by atoms with E-state index in [1.165, 1.54) is 6.42 Å². The van der Waals surface area contributed by atoms with Crippen molar-refractivity contribution in [3.8, 4) is 0 Å². The molecule has 2 heterocycles. The predicted octanol–water partition coefficient (Wildman–Crippen LogP) is 1.54. The minimum absolute atomic E-state index is 0.391. The Balaban J connectivity index is 1.66. The summed E-state index contributed by atoms with van der Waals surface area (Å²) >= 11 is 6.16. The van der Waals surface area contributed by atoms with Crippen LogP contribution in [0.3, 0.4) is 0 Å². The fourth-order valence-corrected chi connectivity index (χ4v) is 3.28. The third-order valence-electron chi connectivity index (χ3n) is 4.05. The third kappa shape index (κ3) is 2.22. The lowest BCUT2D eigenvalue weighted by molar-refractivity contribution is 0.0172. The highest BCUT2D eigenvalue weighted by Gasteiger charge is 2.32. The van der Waals surface area contributed by atoms with Crippen LogP contribution in [-0.4, -0.2) is 47.0 Å². The van der Waals surface area contributed by atoms with E-state index in [0.717, 1.165) is 39.1 Å². The van der Waals surface area contributed by atoms with Gasteiger partial charge in [-0.3, -0.25) is 4.90 Å². The van der Waals surface area contributed by atoms with Gasteiger partial charge >= 0.3 is 0 Å². The molecule has 1 aromatic rings. The van der Waals surface area contributed by atoms with Crippen LogP contribution in [0, 0.1) is 0 Å². The van der Waals surface area contributed by atoms with Gasteiger partial charge in [0.05, 0.1) is 31.1 Å². The Labute approximate surface area is 112 Å². The van der Waals surface area contributed by atoms with Gasteiger partial charge in [0.25, 0.3) is 0 Å². The lowest BCUT2D eigenvalue weighted by Gasteiger charge is -2.32. The van der Waals surface area contributed by atoms with Crippen LogP contribution < -0.4 is 5.73 Å². The van der Waals surface area contributed by atoms with Crippen molar-refractivity contribution in [2.75, 3.05) is 32.0 Å². The average Bonchev–Trinajstić information content (AvgIpc) is 3.00. The van der Waals surface area contributed by atoms with E-state index in [2.05, 4.69) is 10.00 Å². The van der Waals surface area contributed by atoms with Crippen LogP contribution in [0.25, 0.3) is 0 Å². The standard InChI is InChI=1S/C12H19ClN4O/c13-12-11(14)8-15-17(12)10-2-1-9(7-10)16-3-5-18-6-4-16/h8-10H,1-7,14H2/t9-,10+/m1/s1. The van der Waals surface area contributed by atoms with Crippen molar-refractivity contribution in [2.24, 2.45) is 0 Å². The highest BCUT2D eigenvalue weighted by Crippen LogP contribution is 2.35. The van der Waals surface area contributed by atoms with Crippen LogP contribution in [0.15, 0.2) is 6.20 Å². The molecule has 18 heavy (non-hydrogen) atoms. The molecule has 2 N–H and O–H groups in total. The summed E-state index contributed by atoms with van der Waals surface area (Å²) in [6.45, 7) is 3.81. The van der Waals surface area contributed by atoms with Gasteiger partial charge < -0.3 is 10.5 Å². The topological polar surface area (TPSA) is 56.3 Å². The second-order valence-corrected chi connectivity index (χ2v) is 5.46. The van der Waals surface area contributed by atoms with E-state index in [1.807, 2.05) is 4.68 Å².